The fourth-order valence-corrected chi connectivity index (χ4v) is 8.43. The van der Waals surface area contributed by atoms with Gasteiger partial charge in [-0.1, -0.05) is 109 Å². The second-order valence-electron chi connectivity index (χ2n) is 12.6. The molecule has 2 aromatic heterocycles. The molecule has 10 aromatic rings. The summed E-state index contributed by atoms with van der Waals surface area (Å²) in [6.45, 7) is 0. The summed E-state index contributed by atoms with van der Waals surface area (Å²) < 4.78 is 9.00. The van der Waals surface area contributed by atoms with Crippen LogP contribution in [0.25, 0.3) is 75.1 Å². The predicted molar refractivity (Wildman–Crippen MR) is 210 cm³/mol. The van der Waals surface area contributed by atoms with Gasteiger partial charge in [-0.3, -0.25) is 0 Å². The first kappa shape index (κ1) is 27.9. The molecule has 0 aliphatic rings. The highest BCUT2D eigenvalue weighted by molar-refractivity contribution is 7.25. The number of thiophene rings is 1. The summed E-state index contributed by atoms with van der Waals surface area (Å²) in [6.07, 6.45) is 0. The van der Waals surface area contributed by atoms with Crippen LogP contribution in [-0.2, 0) is 0 Å². The molecule has 0 saturated heterocycles. The van der Waals surface area contributed by atoms with Crippen molar-refractivity contribution in [2.45, 2.75) is 0 Å². The lowest BCUT2D eigenvalue weighted by Crippen LogP contribution is -2.10. The van der Waals surface area contributed by atoms with Gasteiger partial charge in [-0.15, -0.1) is 11.3 Å². The average Bonchev–Trinajstić information content (AvgIpc) is 3.73. The topological polar surface area (TPSA) is 16.4 Å². The third-order valence-corrected chi connectivity index (χ3v) is 10.8. The Kier molecular flexibility index (Phi) is 6.39. The summed E-state index contributed by atoms with van der Waals surface area (Å²) in [4.78, 5) is 2.33. The van der Waals surface area contributed by atoms with E-state index >= 15 is 0 Å². The lowest BCUT2D eigenvalue weighted by atomic mass is 9.98. The SMILES string of the molecule is c1cc(-c2ccc3ccccc3c2)cc(N(c2ccc(-c3cccc4sc5ccccc5c34)cc2)c2ccc3c(c2)oc2ccccc23)c1. The molecule has 0 aliphatic carbocycles. The number of anilines is 3. The number of para-hydroxylation sites is 1. The van der Waals surface area contributed by atoms with E-state index in [1.165, 1.54) is 53.2 Å². The predicted octanol–water partition coefficient (Wildman–Crippen LogP) is 13.9. The number of nitrogens with zero attached hydrogens (tertiary/aromatic N) is 1. The van der Waals surface area contributed by atoms with Crippen molar-refractivity contribution in [1.29, 1.82) is 0 Å². The molecule has 0 amide bonds. The summed E-state index contributed by atoms with van der Waals surface area (Å²) in [6, 6.07) is 63.3. The van der Waals surface area contributed by atoms with Gasteiger partial charge in [0.1, 0.15) is 11.2 Å². The Balaban J connectivity index is 1.12. The minimum atomic E-state index is 0.877. The van der Waals surface area contributed by atoms with Crippen LogP contribution in [0.1, 0.15) is 0 Å². The van der Waals surface area contributed by atoms with Crippen molar-refractivity contribution in [3.05, 3.63) is 176 Å². The zero-order valence-corrected chi connectivity index (χ0v) is 27.3. The van der Waals surface area contributed by atoms with E-state index < -0.39 is 0 Å². The highest BCUT2D eigenvalue weighted by Crippen LogP contribution is 2.43. The van der Waals surface area contributed by atoms with Crippen molar-refractivity contribution in [2.75, 3.05) is 4.90 Å². The Bertz CT molecular complexity index is 2840. The Labute approximate surface area is 287 Å². The van der Waals surface area contributed by atoms with E-state index in [0.717, 1.165) is 39.0 Å². The second kappa shape index (κ2) is 11.2. The molecule has 8 aromatic carbocycles. The molecule has 10 rings (SSSR count). The second-order valence-corrected chi connectivity index (χ2v) is 13.6. The molecule has 49 heavy (non-hydrogen) atoms. The fourth-order valence-electron chi connectivity index (χ4n) is 7.30. The zero-order chi connectivity index (χ0) is 32.3. The van der Waals surface area contributed by atoms with Gasteiger partial charge in [0.25, 0.3) is 0 Å². The fraction of sp³-hybridized carbons (Fsp3) is 0. The first-order valence-corrected chi connectivity index (χ1v) is 17.4. The standard InChI is InChI=1S/C46H29NOS/c1-2-10-32-27-34(20-19-30(32)9-1)33-11-7-12-36(28-33)47(37-25-26-40-39-13-3-5-16-42(39)48-43(40)29-37)35-23-21-31(22-24-35)38-15-8-18-45-46(38)41-14-4-6-17-44(41)49-45/h1-29H. The first-order valence-electron chi connectivity index (χ1n) is 16.6. The number of furan rings is 1. The largest absolute Gasteiger partial charge is 0.456 e. The van der Waals surface area contributed by atoms with Gasteiger partial charge in [-0.05, 0) is 93.7 Å². The van der Waals surface area contributed by atoms with Crippen molar-refractivity contribution in [1.82, 2.24) is 0 Å². The third-order valence-electron chi connectivity index (χ3n) is 9.65. The maximum absolute atomic E-state index is 6.37. The number of hydrogen-bond acceptors (Lipinski definition) is 3. The maximum Gasteiger partial charge on any atom is 0.137 e. The quantitative estimate of drug-likeness (QED) is 0.186. The Morgan fingerprint density at radius 2 is 1.06 bits per heavy atom. The van der Waals surface area contributed by atoms with Crippen LogP contribution in [0, 0.1) is 0 Å². The highest BCUT2D eigenvalue weighted by Gasteiger charge is 2.17. The molecule has 0 N–H and O–H groups in total. The van der Waals surface area contributed by atoms with Gasteiger partial charge in [0.05, 0.1) is 0 Å². The van der Waals surface area contributed by atoms with E-state index in [2.05, 4.69) is 169 Å². The molecular weight excluding hydrogens is 615 g/mol. The monoisotopic (exact) mass is 643 g/mol. The van der Waals surface area contributed by atoms with Crippen molar-refractivity contribution in [2.24, 2.45) is 0 Å². The normalized spacial score (nSPS) is 11.7. The summed E-state index contributed by atoms with van der Waals surface area (Å²) in [5, 5.41) is 7.37. The van der Waals surface area contributed by atoms with Crippen LogP contribution in [0.4, 0.5) is 17.1 Å². The van der Waals surface area contributed by atoms with Crippen molar-refractivity contribution in [3.63, 3.8) is 0 Å². The molecule has 0 saturated carbocycles. The van der Waals surface area contributed by atoms with E-state index in [9.17, 15) is 0 Å². The van der Waals surface area contributed by atoms with E-state index in [0.29, 0.717) is 0 Å². The lowest BCUT2D eigenvalue weighted by molar-refractivity contribution is 0.669. The summed E-state index contributed by atoms with van der Waals surface area (Å²) in [5.74, 6) is 0. The third kappa shape index (κ3) is 4.70. The summed E-state index contributed by atoms with van der Waals surface area (Å²) >= 11 is 1.86. The van der Waals surface area contributed by atoms with Crippen molar-refractivity contribution >= 4 is 81.3 Å². The van der Waals surface area contributed by atoms with Gasteiger partial charge in [0.2, 0.25) is 0 Å². The summed E-state index contributed by atoms with van der Waals surface area (Å²) in [7, 11) is 0. The number of benzene rings is 8. The Morgan fingerprint density at radius 1 is 0.388 bits per heavy atom. The molecule has 0 atom stereocenters. The van der Waals surface area contributed by atoms with E-state index in [1.54, 1.807) is 0 Å². The highest BCUT2D eigenvalue weighted by atomic mass is 32.1. The molecule has 0 bridgehead atoms. The molecule has 0 aliphatic heterocycles. The maximum atomic E-state index is 6.37. The van der Waals surface area contributed by atoms with Crippen LogP contribution < -0.4 is 4.90 Å². The van der Waals surface area contributed by atoms with Crippen LogP contribution in [0.5, 0.6) is 0 Å². The Morgan fingerprint density at radius 3 is 1.98 bits per heavy atom. The minimum Gasteiger partial charge on any atom is -0.456 e. The average molecular weight is 644 g/mol. The van der Waals surface area contributed by atoms with Gasteiger partial charge in [0, 0.05) is 54.1 Å². The van der Waals surface area contributed by atoms with E-state index in [1.807, 2.05) is 23.5 Å². The zero-order valence-electron chi connectivity index (χ0n) is 26.5. The lowest BCUT2D eigenvalue weighted by Gasteiger charge is -2.26. The Hall–Kier alpha value is -6.16. The first-order chi connectivity index (χ1) is 24.3. The molecule has 3 heteroatoms. The molecule has 0 radical (unpaired) electrons. The smallest absolute Gasteiger partial charge is 0.137 e. The molecule has 2 heterocycles. The van der Waals surface area contributed by atoms with Gasteiger partial charge < -0.3 is 9.32 Å². The van der Waals surface area contributed by atoms with Crippen LogP contribution >= 0.6 is 11.3 Å². The van der Waals surface area contributed by atoms with Crippen molar-refractivity contribution in [3.8, 4) is 22.3 Å². The van der Waals surface area contributed by atoms with Crippen LogP contribution in [-0.4, -0.2) is 0 Å². The van der Waals surface area contributed by atoms with E-state index in [-0.39, 0.29) is 0 Å². The number of fused-ring (bicyclic) bond motifs is 7. The van der Waals surface area contributed by atoms with Gasteiger partial charge in [-0.25, -0.2) is 0 Å². The van der Waals surface area contributed by atoms with Crippen LogP contribution in [0.3, 0.4) is 0 Å². The van der Waals surface area contributed by atoms with Gasteiger partial charge in [-0.2, -0.15) is 0 Å². The number of hydrogen-bond donors (Lipinski definition) is 0. The molecule has 0 spiro atoms. The molecule has 0 unspecified atom stereocenters. The van der Waals surface area contributed by atoms with Crippen molar-refractivity contribution < 1.29 is 4.42 Å². The molecular formula is C46H29NOS. The van der Waals surface area contributed by atoms with Gasteiger partial charge >= 0.3 is 0 Å². The molecule has 230 valence electrons. The summed E-state index contributed by atoms with van der Waals surface area (Å²) in [5.41, 5.74) is 9.81. The van der Waals surface area contributed by atoms with E-state index in [4.69, 9.17) is 4.42 Å². The number of rotatable bonds is 5. The molecule has 2 nitrogen and oxygen atoms in total. The molecule has 0 fully saturated rings. The van der Waals surface area contributed by atoms with Gasteiger partial charge in [0.15, 0.2) is 0 Å². The van der Waals surface area contributed by atoms with Crippen LogP contribution in [0.2, 0.25) is 0 Å². The van der Waals surface area contributed by atoms with Crippen LogP contribution in [0.15, 0.2) is 180 Å². The minimum absolute atomic E-state index is 0.877.